The van der Waals surface area contributed by atoms with Crippen molar-refractivity contribution in [2.45, 2.75) is 38.3 Å². The third-order valence-electron chi connectivity index (χ3n) is 2.92. The highest BCUT2D eigenvalue weighted by atomic mass is 16.2. The van der Waals surface area contributed by atoms with E-state index in [4.69, 9.17) is 5.11 Å². The van der Waals surface area contributed by atoms with Crippen LogP contribution in [0.4, 0.5) is 0 Å². The van der Waals surface area contributed by atoms with Crippen LogP contribution in [0.15, 0.2) is 18.7 Å². The number of unbranched alkanes of at least 4 members (excludes halogenated alkanes) is 1. The molecule has 16 heavy (non-hydrogen) atoms. The van der Waals surface area contributed by atoms with Crippen LogP contribution in [0.5, 0.6) is 0 Å². The average Bonchev–Trinajstić information content (AvgIpc) is 3.13. The maximum atomic E-state index is 8.78. The quantitative estimate of drug-likeness (QED) is 0.703. The minimum Gasteiger partial charge on any atom is -0.396 e. The third kappa shape index (κ3) is 3.54. The van der Waals surface area contributed by atoms with Gasteiger partial charge in [-0.2, -0.15) is 0 Å². The molecule has 0 radical (unpaired) electrons. The fourth-order valence-electron chi connectivity index (χ4n) is 1.90. The van der Waals surface area contributed by atoms with Gasteiger partial charge in [-0.15, -0.1) is 0 Å². The number of aliphatic hydroxyl groups excluding tert-OH is 1. The standard InChI is InChI=1S/C12H19N3O/c16-6-2-1-5-15(12-3-4-12)9-11-7-13-10-14-8-11/h7-8,10,12,16H,1-6,9H2. The van der Waals surface area contributed by atoms with Crippen molar-refractivity contribution >= 4 is 0 Å². The lowest BCUT2D eigenvalue weighted by molar-refractivity contribution is 0.228. The summed E-state index contributed by atoms with van der Waals surface area (Å²) in [5.74, 6) is 0. The Hall–Kier alpha value is -1.00. The van der Waals surface area contributed by atoms with Crippen molar-refractivity contribution in [3.63, 3.8) is 0 Å². The van der Waals surface area contributed by atoms with Crippen LogP contribution in [0.2, 0.25) is 0 Å². The molecule has 1 aliphatic rings. The van der Waals surface area contributed by atoms with E-state index < -0.39 is 0 Å². The van der Waals surface area contributed by atoms with Crippen molar-refractivity contribution in [2.24, 2.45) is 0 Å². The van der Waals surface area contributed by atoms with Gasteiger partial charge in [0.2, 0.25) is 0 Å². The Bertz CT molecular complexity index is 300. The second-order valence-electron chi connectivity index (χ2n) is 4.38. The molecule has 0 saturated heterocycles. The van der Waals surface area contributed by atoms with Crippen molar-refractivity contribution in [3.8, 4) is 0 Å². The van der Waals surface area contributed by atoms with Gasteiger partial charge in [-0.25, -0.2) is 9.97 Å². The molecule has 0 aromatic carbocycles. The first-order valence-corrected chi connectivity index (χ1v) is 5.99. The van der Waals surface area contributed by atoms with E-state index >= 15 is 0 Å². The fraction of sp³-hybridized carbons (Fsp3) is 0.667. The average molecular weight is 221 g/mol. The number of hydrogen-bond donors (Lipinski definition) is 1. The summed E-state index contributed by atoms with van der Waals surface area (Å²) in [5, 5.41) is 8.78. The van der Waals surface area contributed by atoms with Crippen molar-refractivity contribution in [2.75, 3.05) is 13.2 Å². The predicted octanol–water partition coefficient (Wildman–Crippen LogP) is 1.21. The Labute approximate surface area is 96.3 Å². The van der Waals surface area contributed by atoms with Crippen LogP contribution in [0.3, 0.4) is 0 Å². The van der Waals surface area contributed by atoms with Crippen LogP contribution >= 0.6 is 0 Å². The second kappa shape index (κ2) is 5.92. The summed E-state index contributed by atoms with van der Waals surface area (Å²) < 4.78 is 0. The Kier molecular flexibility index (Phi) is 4.25. The molecule has 1 aliphatic carbocycles. The Morgan fingerprint density at radius 3 is 2.62 bits per heavy atom. The monoisotopic (exact) mass is 221 g/mol. The van der Waals surface area contributed by atoms with Gasteiger partial charge in [0, 0.05) is 37.2 Å². The first-order chi connectivity index (χ1) is 7.90. The first kappa shape index (κ1) is 11.5. The molecule has 1 saturated carbocycles. The summed E-state index contributed by atoms with van der Waals surface area (Å²) in [6.45, 7) is 2.31. The number of aliphatic hydroxyl groups is 1. The highest BCUT2D eigenvalue weighted by Gasteiger charge is 2.28. The smallest absolute Gasteiger partial charge is 0.115 e. The third-order valence-corrected chi connectivity index (χ3v) is 2.92. The minimum absolute atomic E-state index is 0.299. The molecular formula is C12H19N3O. The van der Waals surface area contributed by atoms with Crippen molar-refractivity contribution in [3.05, 3.63) is 24.3 Å². The zero-order valence-electron chi connectivity index (χ0n) is 9.55. The highest BCUT2D eigenvalue weighted by Crippen LogP contribution is 2.28. The van der Waals surface area contributed by atoms with Gasteiger partial charge in [0.25, 0.3) is 0 Å². The molecule has 4 nitrogen and oxygen atoms in total. The minimum atomic E-state index is 0.299. The van der Waals surface area contributed by atoms with Crippen molar-refractivity contribution in [1.29, 1.82) is 0 Å². The van der Waals surface area contributed by atoms with Gasteiger partial charge in [0.05, 0.1) is 0 Å². The lowest BCUT2D eigenvalue weighted by atomic mass is 10.2. The van der Waals surface area contributed by atoms with Crippen LogP contribution in [0, 0.1) is 0 Å². The van der Waals surface area contributed by atoms with Crippen LogP contribution in [0.25, 0.3) is 0 Å². The van der Waals surface area contributed by atoms with E-state index in [9.17, 15) is 0 Å². The van der Waals surface area contributed by atoms with E-state index in [2.05, 4.69) is 14.9 Å². The molecule has 0 spiro atoms. The summed E-state index contributed by atoms with van der Waals surface area (Å²) in [7, 11) is 0. The van der Waals surface area contributed by atoms with Crippen LogP contribution in [-0.4, -0.2) is 39.2 Å². The summed E-state index contributed by atoms with van der Waals surface area (Å²) >= 11 is 0. The molecule has 4 heteroatoms. The molecule has 0 amide bonds. The molecule has 0 unspecified atom stereocenters. The summed E-state index contributed by atoms with van der Waals surface area (Å²) in [6, 6.07) is 0.749. The predicted molar refractivity (Wildman–Crippen MR) is 61.8 cm³/mol. The summed E-state index contributed by atoms with van der Waals surface area (Å²) in [4.78, 5) is 10.6. The van der Waals surface area contributed by atoms with Gasteiger partial charge in [-0.1, -0.05) is 0 Å². The molecule has 88 valence electrons. The molecule has 1 aromatic rings. The molecule has 1 fully saturated rings. The van der Waals surface area contributed by atoms with E-state index in [0.29, 0.717) is 6.61 Å². The molecule has 2 rings (SSSR count). The largest absolute Gasteiger partial charge is 0.396 e. The molecule has 0 aliphatic heterocycles. The van der Waals surface area contributed by atoms with Crippen molar-refractivity contribution < 1.29 is 5.11 Å². The van der Waals surface area contributed by atoms with Gasteiger partial charge in [-0.3, -0.25) is 4.90 Å². The summed E-state index contributed by atoms with van der Waals surface area (Å²) in [6.07, 6.45) is 9.93. The van der Waals surface area contributed by atoms with E-state index in [1.807, 2.05) is 12.4 Å². The number of aromatic nitrogens is 2. The molecule has 0 atom stereocenters. The van der Waals surface area contributed by atoms with Crippen LogP contribution in [0.1, 0.15) is 31.2 Å². The van der Waals surface area contributed by atoms with Gasteiger partial charge in [0.1, 0.15) is 6.33 Å². The van der Waals surface area contributed by atoms with Gasteiger partial charge in [-0.05, 0) is 32.2 Å². The number of rotatable bonds is 7. The molecule has 0 bridgehead atoms. The summed E-state index contributed by atoms with van der Waals surface area (Å²) in [5.41, 5.74) is 1.18. The zero-order chi connectivity index (χ0) is 11.2. The van der Waals surface area contributed by atoms with E-state index in [-0.39, 0.29) is 0 Å². The fourth-order valence-corrected chi connectivity index (χ4v) is 1.90. The van der Waals surface area contributed by atoms with Crippen molar-refractivity contribution in [1.82, 2.24) is 14.9 Å². The lowest BCUT2D eigenvalue weighted by Gasteiger charge is -2.21. The molecular weight excluding hydrogens is 202 g/mol. The van der Waals surface area contributed by atoms with Crippen LogP contribution in [-0.2, 0) is 6.54 Å². The number of hydrogen-bond acceptors (Lipinski definition) is 4. The van der Waals surface area contributed by atoms with Gasteiger partial charge >= 0.3 is 0 Å². The zero-order valence-corrected chi connectivity index (χ0v) is 9.55. The lowest BCUT2D eigenvalue weighted by Crippen LogP contribution is -2.27. The maximum Gasteiger partial charge on any atom is 0.115 e. The topological polar surface area (TPSA) is 49.2 Å². The van der Waals surface area contributed by atoms with E-state index in [1.165, 1.54) is 18.4 Å². The highest BCUT2D eigenvalue weighted by molar-refractivity contribution is 5.03. The van der Waals surface area contributed by atoms with E-state index in [1.54, 1.807) is 6.33 Å². The molecule has 1 heterocycles. The van der Waals surface area contributed by atoms with E-state index in [0.717, 1.165) is 32.0 Å². The first-order valence-electron chi connectivity index (χ1n) is 5.99. The molecule has 1 N–H and O–H groups in total. The Balaban J connectivity index is 1.83. The number of nitrogens with zero attached hydrogens (tertiary/aromatic N) is 3. The van der Waals surface area contributed by atoms with Crippen LogP contribution < -0.4 is 0 Å². The Morgan fingerprint density at radius 1 is 1.25 bits per heavy atom. The maximum absolute atomic E-state index is 8.78. The normalized spacial score (nSPS) is 15.6. The second-order valence-corrected chi connectivity index (χ2v) is 4.38. The Morgan fingerprint density at radius 2 is 2.00 bits per heavy atom. The van der Waals surface area contributed by atoms with Gasteiger partial charge in [0.15, 0.2) is 0 Å². The molecule has 1 aromatic heterocycles. The SMILES string of the molecule is OCCCCN(Cc1cncnc1)C1CC1. The van der Waals surface area contributed by atoms with Gasteiger partial charge < -0.3 is 5.11 Å².